The number of halogens is 2. The average Bonchev–Trinajstić information content (AvgIpc) is 3.26. The number of nitro benzene ring substituents is 1. The maximum absolute atomic E-state index is 13.9. The van der Waals surface area contributed by atoms with Gasteiger partial charge in [0.05, 0.1) is 16.7 Å². The van der Waals surface area contributed by atoms with Gasteiger partial charge in [0.1, 0.15) is 11.6 Å². The van der Waals surface area contributed by atoms with Gasteiger partial charge in [-0.25, -0.2) is 13.8 Å². The average molecular weight is 442 g/mol. The van der Waals surface area contributed by atoms with Crippen LogP contribution in [-0.2, 0) is 11.2 Å². The zero-order valence-electron chi connectivity index (χ0n) is 17.0. The van der Waals surface area contributed by atoms with Crippen molar-refractivity contribution in [2.45, 2.75) is 12.8 Å². The number of nitro groups is 1. The van der Waals surface area contributed by atoms with Crippen molar-refractivity contribution in [3.63, 3.8) is 0 Å². The molecule has 0 atom stereocenters. The number of benzene rings is 2. The molecule has 10 heteroatoms. The number of anilines is 1. The summed E-state index contributed by atoms with van der Waals surface area (Å²) in [5.74, 6) is -0.968. The van der Waals surface area contributed by atoms with E-state index in [0.717, 1.165) is 17.8 Å². The van der Waals surface area contributed by atoms with Crippen molar-refractivity contribution in [3.05, 3.63) is 76.3 Å². The number of aryl methyl sites for hydroxylation is 1. The summed E-state index contributed by atoms with van der Waals surface area (Å²) >= 11 is 0. The van der Waals surface area contributed by atoms with E-state index in [1.807, 2.05) is 0 Å². The first-order valence-electron chi connectivity index (χ1n) is 10.1. The fourth-order valence-corrected chi connectivity index (χ4v) is 3.61. The third-order valence-electron chi connectivity index (χ3n) is 5.36. The van der Waals surface area contributed by atoms with Crippen LogP contribution in [0.1, 0.15) is 12.3 Å². The minimum atomic E-state index is -0.741. The maximum atomic E-state index is 13.9. The monoisotopic (exact) mass is 442 g/mol. The smallest absolute Gasteiger partial charge is 0.269 e. The van der Waals surface area contributed by atoms with Gasteiger partial charge in [-0.2, -0.15) is 0 Å². The van der Waals surface area contributed by atoms with Crippen molar-refractivity contribution in [1.82, 2.24) is 9.88 Å². The van der Waals surface area contributed by atoms with Gasteiger partial charge in [0.25, 0.3) is 5.69 Å². The fraction of sp³-hybridized carbons (Fsp3) is 0.273. The highest BCUT2D eigenvalue weighted by Crippen LogP contribution is 2.25. The Balaban J connectivity index is 1.28. The van der Waals surface area contributed by atoms with E-state index in [-0.39, 0.29) is 35.8 Å². The van der Waals surface area contributed by atoms with Crippen LogP contribution in [0.2, 0.25) is 0 Å². The molecule has 0 N–H and O–H groups in total. The van der Waals surface area contributed by atoms with Crippen LogP contribution in [0.4, 0.5) is 20.2 Å². The number of non-ortho nitro benzene ring substituents is 1. The molecule has 0 bridgehead atoms. The largest absolute Gasteiger partial charge is 0.441 e. The second kappa shape index (κ2) is 9.13. The number of rotatable bonds is 6. The van der Waals surface area contributed by atoms with Crippen molar-refractivity contribution in [2.75, 3.05) is 31.1 Å². The third kappa shape index (κ3) is 4.74. The second-order valence-corrected chi connectivity index (χ2v) is 7.38. The number of hydrogen-bond donors (Lipinski definition) is 0. The minimum Gasteiger partial charge on any atom is -0.441 e. The first kappa shape index (κ1) is 21.4. The standard InChI is InChI=1S/C22H20F2N4O4/c23-15-1-6-18(19(24)13-15)20-14-25-21(32-20)7-8-22(29)27-11-9-26(10-12-27)16-2-4-17(5-3-16)28(30)31/h1-6,13-14H,7-12H2. The van der Waals surface area contributed by atoms with Gasteiger partial charge >= 0.3 is 0 Å². The van der Waals surface area contributed by atoms with Crippen LogP contribution in [0.3, 0.4) is 0 Å². The van der Waals surface area contributed by atoms with Gasteiger partial charge in [-0.1, -0.05) is 0 Å². The Morgan fingerprint density at radius 3 is 2.47 bits per heavy atom. The van der Waals surface area contributed by atoms with Crippen LogP contribution >= 0.6 is 0 Å². The summed E-state index contributed by atoms with van der Waals surface area (Å²) in [6, 6.07) is 9.55. The quantitative estimate of drug-likeness (QED) is 0.426. The predicted octanol–water partition coefficient (Wildman–Crippen LogP) is 3.81. The summed E-state index contributed by atoms with van der Waals surface area (Å²) in [5, 5.41) is 10.8. The maximum Gasteiger partial charge on any atom is 0.269 e. The van der Waals surface area contributed by atoms with E-state index in [0.29, 0.717) is 32.1 Å². The molecule has 1 aliphatic heterocycles. The summed E-state index contributed by atoms with van der Waals surface area (Å²) in [7, 11) is 0. The molecule has 1 saturated heterocycles. The topological polar surface area (TPSA) is 92.7 Å². The Kier molecular flexibility index (Phi) is 6.11. The number of oxazole rings is 1. The number of aromatic nitrogens is 1. The predicted molar refractivity (Wildman–Crippen MR) is 112 cm³/mol. The molecule has 0 radical (unpaired) electrons. The number of hydrogen-bond acceptors (Lipinski definition) is 6. The lowest BCUT2D eigenvalue weighted by molar-refractivity contribution is -0.384. The molecule has 0 saturated carbocycles. The zero-order chi connectivity index (χ0) is 22.7. The van der Waals surface area contributed by atoms with Gasteiger partial charge in [0.2, 0.25) is 5.91 Å². The van der Waals surface area contributed by atoms with Gasteiger partial charge in [-0.3, -0.25) is 14.9 Å². The normalized spacial score (nSPS) is 13.9. The summed E-state index contributed by atoms with van der Waals surface area (Å²) < 4.78 is 32.5. The highest BCUT2D eigenvalue weighted by atomic mass is 19.1. The molecule has 0 spiro atoms. The van der Waals surface area contributed by atoms with E-state index in [2.05, 4.69) is 9.88 Å². The number of amides is 1. The molecular formula is C22H20F2N4O4. The lowest BCUT2D eigenvalue weighted by atomic mass is 10.2. The third-order valence-corrected chi connectivity index (χ3v) is 5.36. The molecule has 166 valence electrons. The fourth-order valence-electron chi connectivity index (χ4n) is 3.61. The van der Waals surface area contributed by atoms with E-state index in [4.69, 9.17) is 4.42 Å². The van der Waals surface area contributed by atoms with E-state index in [1.165, 1.54) is 24.4 Å². The van der Waals surface area contributed by atoms with Crippen molar-refractivity contribution in [1.29, 1.82) is 0 Å². The van der Waals surface area contributed by atoms with Gasteiger partial charge < -0.3 is 14.2 Å². The minimum absolute atomic E-state index is 0.0407. The Bertz CT molecular complexity index is 1130. The highest BCUT2D eigenvalue weighted by Gasteiger charge is 2.22. The molecule has 32 heavy (non-hydrogen) atoms. The molecule has 2 heterocycles. The number of piperazine rings is 1. The summed E-state index contributed by atoms with van der Waals surface area (Å²) in [6.07, 6.45) is 1.83. The summed E-state index contributed by atoms with van der Waals surface area (Å²) in [6.45, 7) is 2.31. The van der Waals surface area contributed by atoms with E-state index >= 15 is 0 Å². The Labute approximate surface area is 182 Å². The van der Waals surface area contributed by atoms with E-state index < -0.39 is 16.6 Å². The molecule has 0 unspecified atom stereocenters. The molecule has 1 aromatic heterocycles. The number of carbonyl (C=O) groups is 1. The highest BCUT2D eigenvalue weighted by molar-refractivity contribution is 5.76. The number of carbonyl (C=O) groups excluding carboxylic acids is 1. The molecule has 1 amide bonds. The van der Waals surface area contributed by atoms with Gasteiger partial charge in [-0.15, -0.1) is 0 Å². The lowest BCUT2D eigenvalue weighted by Gasteiger charge is -2.36. The van der Waals surface area contributed by atoms with E-state index in [1.54, 1.807) is 17.0 Å². The molecule has 1 fully saturated rings. The Hall–Kier alpha value is -3.82. The van der Waals surface area contributed by atoms with Crippen LogP contribution < -0.4 is 4.90 Å². The van der Waals surface area contributed by atoms with Crippen molar-refractivity contribution < 1.29 is 22.9 Å². The Morgan fingerprint density at radius 1 is 1.09 bits per heavy atom. The van der Waals surface area contributed by atoms with Gasteiger partial charge in [0, 0.05) is 62.9 Å². The summed E-state index contributed by atoms with van der Waals surface area (Å²) in [4.78, 5) is 30.8. The SMILES string of the molecule is O=C(CCc1ncc(-c2ccc(F)cc2F)o1)N1CCN(c2ccc([N+](=O)[O-])cc2)CC1. The lowest BCUT2D eigenvalue weighted by Crippen LogP contribution is -2.48. The van der Waals surface area contributed by atoms with Gasteiger partial charge in [-0.05, 0) is 24.3 Å². The van der Waals surface area contributed by atoms with Gasteiger partial charge in [0.15, 0.2) is 11.7 Å². The van der Waals surface area contributed by atoms with Crippen molar-refractivity contribution in [3.8, 4) is 11.3 Å². The first-order chi connectivity index (χ1) is 15.4. The molecular weight excluding hydrogens is 422 g/mol. The summed E-state index contributed by atoms with van der Waals surface area (Å²) in [5.41, 5.74) is 1.03. The molecule has 1 aliphatic rings. The first-order valence-corrected chi connectivity index (χ1v) is 10.1. The number of nitrogens with zero attached hydrogens (tertiary/aromatic N) is 4. The molecule has 0 aliphatic carbocycles. The van der Waals surface area contributed by atoms with Crippen LogP contribution in [0, 0.1) is 21.7 Å². The van der Waals surface area contributed by atoms with E-state index in [9.17, 15) is 23.7 Å². The van der Waals surface area contributed by atoms with Crippen LogP contribution in [0.15, 0.2) is 53.1 Å². The molecule has 2 aromatic carbocycles. The second-order valence-electron chi connectivity index (χ2n) is 7.38. The van der Waals surface area contributed by atoms with Crippen molar-refractivity contribution in [2.24, 2.45) is 0 Å². The zero-order valence-corrected chi connectivity index (χ0v) is 17.0. The molecule has 3 aromatic rings. The van der Waals surface area contributed by atoms with Crippen LogP contribution in [-0.4, -0.2) is 46.9 Å². The van der Waals surface area contributed by atoms with Crippen LogP contribution in [0.25, 0.3) is 11.3 Å². The molecule has 4 rings (SSSR count). The van der Waals surface area contributed by atoms with Crippen molar-refractivity contribution >= 4 is 17.3 Å². The Morgan fingerprint density at radius 2 is 1.81 bits per heavy atom. The van der Waals surface area contributed by atoms with Crippen LogP contribution in [0.5, 0.6) is 0 Å². The molecule has 8 nitrogen and oxygen atoms in total.